The third-order valence-electron chi connectivity index (χ3n) is 4.45. The summed E-state index contributed by atoms with van der Waals surface area (Å²) in [6, 6.07) is 7.34. The predicted octanol–water partition coefficient (Wildman–Crippen LogP) is 3.31. The van der Waals surface area contributed by atoms with Crippen LogP contribution < -0.4 is 10.1 Å². The summed E-state index contributed by atoms with van der Waals surface area (Å²) in [5.41, 5.74) is 0. The second-order valence-electron chi connectivity index (χ2n) is 6.13. The minimum absolute atomic E-state index is 0.119. The molecule has 2 rings (SSSR count). The van der Waals surface area contributed by atoms with Gasteiger partial charge in [0.1, 0.15) is 5.75 Å². The van der Waals surface area contributed by atoms with E-state index >= 15 is 0 Å². The van der Waals surface area contributed by atoms with Crippen molar-refractivity contribution in [2.75, 3.05) is 13.7 Å². The van der Waals surface area contributed by atoms with Crippen LogP contribution in [0.25, 0.3) is 0 Å². The van der Waals surface area contributed by atoms with E-state index in [0.717, 1.165) is 30.2 Å². The fourth-order valence-electron chi connectivity index (χ4n) is 3.06. The van der Waals surface area contributed by atoms with Crippen molar-refractivity contribution in [3.05, 3.63) is 28.7 Å². The Morgan fingerprint density at radius 3 is 2.58 bits per heavy atom. The zero-order chi connectivity index (χ0) is 17.5. The average molecular weight is 398 g/mol. The summed E-state index contributed by atoms with van der Waals surface area (Å²) in [5, 5.41) is 2.91. The van der Waals surface area contributed by atoms with Crippen molar-refractivity contribution >= 4 is 27.8 Å². The maximum absolute atomic E-state index is 12.2. The molecular weight excluding hydrogens is 374 g/mol. The van der Waals surface area contributed by atoms with Gasteiger partial charge in [-0.2, -0.15) is 0 Å². The molecule has 1 aromatic rings. The van der Waals surface area contributed by atoms with Crippen LogP contribution in [0.5, 0.6) is 5.75 Å². The largest absolute Gasteiger partial charge is 0.481 e. The van der Waals surface area contributed by atoms with Crippen molar-refractivity contribution in [1.82, 2.24) is 5.32 Å². The first kappa shape index (κ1) is 18.8. The number of amides is 1. The highest BCUT2D eigenvalue weighted by atomic mass is 79.9. The monoisotopic (exact) mass is 397 g/mol. The van der Waals surface area contributed by atoms with E-state index < -0.39 is 6.10 Å². The Hall–Kier alpha value is -1.56. The first-order chi connectivity index (χ1) is 11.5. The Morgan fingerprint density at radius 1 is 1.25 bits per heavy atom. The Balaban J connectivity index is 1.84. The third-order valence-corrected chi connectivity index (χ3v) is 4.98. The van der Waals surface area contributed by atoms with Crippen LogP contribution in [0.4, 0.5) is 0 Å². The number of benzene rings is 1. The van der Waals surface area contributed by atoms with Crippen molar-refractivity contribution in [3.8, 4) is 5.75 Å². The molecular formula is C18H24BrNO4. The quantitative estimate of drug-likeness (QED) is 0.747. The van der Waals surface area contributed by atoms with E-state index in [1.165, 1.54) is 7.11 Å². The van der Waals surface area contributed by atoms with Crippen LogP contribution in [-0.4, -0.2) is 31.6 Å². The summed E-state index contributed by atoms with van der Waals surface area (Å²) in [6.45, 7) is 2.20. The van der Waals surface area contributed by atoms with Gasteiger partial charge in [-0.3, -0.25) is 9.59 Å². The number of hydrogen-bond acceptors (Lipinski definition) is 4. The van der Waals surface area contributed by atoms with Crippen LogP contribution in [0, 0.1) is 11.8 Å². The minimum Gasteiger partial charge on any atom is -0.481 e. The van der Waals surface area contributed by atoms with Crippen LogP contribution in [0.15, 0.2) is 28.7 Å². The van der Waals surface area contributed by atoms with Gasteiger partial charge in [0.25, 0.3) is 5.91 Å². The van der Waals surface area contributed by atoms with Gasteiger partial charge in [-0.25, -0.2) is 0 Å². The molecule has 1 aliphatic rings. The second-order valence-corrected chi connectivity index (χ2v) is 7.05. The van der Waals surface area contributed by atoms with Crippen molar-refractivity contribution in [1.29, 1.82) is 0 Å². The molecule has 1 aromatic carbocycles. The van der Waals surface area contributed by atoms with Crippen molar-refractivity contribution < 1.29 is 19.1 Å². The second kappa shape index (κ2) is 9.06. The molecule has 0 spiro atoms. The summed E-state index contributed by atoms with van der Waals surface area (Å²) >= 11 is 3.36. The Morgan fingerprint density at radius 2 is 1.92 bits per heavy atom. The Kier molecular flexibility index (Phi) is 7.09. The number of ether oxygens (including phenoxy) is 2. The maximum atomic E-state index is 12.2. The highest BCUT2D eigenvalue weighted by molar-refractivity contribution is 9.10. The number of hydrogen-bond donors (Lipinski definition) is 1. The molecule has 0 bridgehead atoms. The lowest BCUT2D eigenvalue weighted by Crippen LogP contribution is -2.42. The number of esters is 1. The molecule has 5 nitrogen and oxygen atoms in total. The number of rotatable bonds is 6. The van der Waals surface area contributed by atoms with Gasteiger partial charge in [0.2, 0.25) is 0 Å². The molecule has 1 amide bonds. The van der Waals surface area contributed by atoms with Crippen LogP contribution in [0.1, 0.15) is 32.6 Å². The smallest absolute Gasteiger partial charge is 0.309 e. The van der Waals surface area contributed by atoms with E-state index in [2.05, 4.69) is 21.2 Å². The summed E-state index contributed by atoms with van der Waals surface area (Å²) in [6.07, 6.45) is 3.29. The number of carbonyl (C=O) groups excluding carboxylic acids is 2. The summed E-state index contributed by atoms with van der Waals surface area (Å²) in [5.74, 6) is 0.313. The molecule has 24 heavy (non-hydrogen) atoms. The highest BCUT2D eigenvalue weighted by Gasteiger charge is 2.32. The maximum Gasteiger partial charge on any atom is 0.309 e. The fraction of sp³-hybridized carbons (Fsp3) is 0.556. The Bertz CT molecular complexity index is 561. The molecule has 1 fully saturated rings. The van der Waals surface area contributed by atoms with E-state index in [9.17, 15) is 9.59 Å². The van der Waals surface area contributed by atoms with Crippen molar-refractivity contribution in [2.45, 2.75) is 38.7 Å². The molecule has 0 aliphatic heterocycles. The zero-order valence-electron chi connectivity index (χ0n) is 14.1. The fourth-order valence-corrected chi connectivity index (χ4v) is 3.32. The molecule has 1 saturated carbocycles. The van der Waals surface area contributed by atoms with Gasteiger partial charge in [0.05, 0.1) is 13.0 Å². The summed E-state index contributed by atoms with van der Waals surface area (Å²) in [7, 11) is 1.42. The molecule has 1 aliphatic carbocycles. The molecule has 1 N–H and O–H groups in total. The lowest BCUT2D eigenvalue weighted by atomic mass is 9.79. The molecule has 0 radical (unpaired) electrons. The van der Waals surface area contributed by atoms with Crippen molar-refractivity contribution in [3.63, 3.8) is 0 Å². The van der Waals surface area contributed by atoms with Gasteiger partial charge in [0.15, 0.2) is 6.10 Å². The van der Waals surface area contributed by atoms with E-state index in [4.69, 9.17) is 9.47 Å². The molecule has 3 atom stereocenters. The van der Waals surface area contributed by atoms with E-state index in [1.54, 1.807) is 6.92 Å². The molecule has 0 saturated heterocycles. The van der Waals surface area contributed by atoms with Gasteiger partial charge >= 0.3 is 5.97 Å². The number of halogens is 1. The lowest BCUT2D eigenvalue weighted by molar-refractivity contribution is -0.149. The van der Waals surface area contributed by atoms with Gasteiger partial charge in [-0.15, -0.1) is 0 Å². The van der Waals surface area contributed by atoms with Gasteiger partial charge in [0, 0.05) is 11.0 Å². The molecule has 0 heterocycles. The Labute approximate surface area is 151 Å². The van der Waals surface area contributed by atoms with E-state index in [1.807, 2.05) is 24.3 Å². The average Bonchev–Trinajstić information content (AvgIpc) is 2.61. The zero-order valence-corrected chi connectivity index (χ0v) is 15.7. The molecule has 132 valence electrons. The number of carbonyl (C=O) groups is 2. The number of nitrogens with one attached hydrogen (secondary N) is 1. The number of methoxy groups -OCH3 is 1. The first-order valence-electron chi connectivity index (χ1n) is 8.29. The van der Waals surface area contributed by atoms with Crippen LogP contribution in [0.2, 0.25) is 0 Å². The van der Waals surface area contributed by atoms with Gasteiger partial charge in [-0.05, 0) is 49.9 Å². The minimum atomic E-state index is -0.591. The molecule has 6 heteroatoms. The van der Waals surface area contributed by atoms with E-state index in [-0.39, 0.29) is 23.7 Å². The highest BCUT2D eigenvalue weighted by Crippen LogP contribution is 2.30. The van der Waals surface area contributed by atoms with E-state index in [0.29, 0.717) is 12.3 Å². The predicted molar refractivity (Wildman–Crippen MR) is 94.7 cm³/mol. The van der Waals surface area contributed by atoms with Crippen LogP contribution >= 0.6 is 15.9 Å². The van der Waals surface area contributed by atoms with Gasteiger partial charge in [-0.1, -0.05) is 28.8 Å². The van der Waals surface area contributed by atoms with Crippen molar-refractivity contribution in [2.24, 2.45) is 11.8 Å². The lowest BCUT2D eigenvalue weighted by Gasteiger charge is -2.30. The summed E-state index contributed by atoms with van der Waals surface area (Å²) in [4.78, 5) is 24.1. The summed E-state index contributed by atoms with van der Waals surface area (Å²) < 4.78 is 11.5. The molecule has 3 unspecified atom stereocenters. The standard InChI is InChI=1S/C18H24BrNO4/c1-12(24-15-9-7-14(19)8-10-15)17(21)20-11-13-5-3-4-6-16(13)18(22)23-2/h7-10,12-13,16H,3-6,11H2,1-2H3,(H,20,21). The first-order valence-corrected chi connectivity index (χ1v) is 9.08. The SMILES string of the molecule is COC(=O)C1CCCCC1CNC(=O)C(C)Oc1ccc(Br)cc1. The van der Waals surface area contributed by atoms with Crippen LogP contribution in [0.3, 0.4) is 0 Å². The third kappa shape index (κ3) is 5.23. The molecule has 0 aromatic heterocycles. The normalized spacial score (nSPS) is 21.6. The van der Waals surface area contributed by atoms with Crippen LogP contribution in [-0.2, 0) is 14.3 Å². The topological polar surface area (TPSA) is 64.6 Å². The van der Waals surface area contributed by atoms with Gasteiger partial charge < -0.3 is 14.8 Å².